The molecule has 0 aliphatic carbocycles. The third-order valence-electron chi connectivity index (χ3n) is 1.64. The number of hydroxylamine groups is 1. The number of hydrogen-bond acceptors (Lipinski definition) is 3. The molecule has 0 saturated carbocycles. The van der Waals surface area contributed by atoms with Crippen molar-refractivity contribution in [1.82, 2.24) is 5.48 Å². The van der Waals surface area contributed by atoms with Crippen LogP contribution in [-0.4, -0.2) is 13.7 Å². The van der Waals surface area contributed by atoms with Gasteiger partial charge in [0.25, 0.3) is 0 Å². The predicted octanol–water partition coefficient (Wildman–Crippen LogP) is 1.74. The van der Waals surface area contributed by atoms with Crippen molar-refractivity contribution in [2.75, 3.05) is 13.7 Å². The van der Waals surface area contributed by atoms with Gasteiger partial charge in [-0.15, -0.1) is 0 Å². The van der Waals surface area contributed by atoms with Crippen molar-refractivity contribution < 1.29 is 9.57 Å². The average Bonchev–Trinajstić information content (AvgIpc) is 2.19. The third kappa shape index (κ3) is 3.44. The van der Waals surface area contributed by atoms with Crippen molar-refractivity contribution in [2.24, 2.45) is 0 Å². The Morgan fingerprint density at radius 3 is 2.46 bits per heavy atom. The SMILES string of the molecule is CCNOCc1ccc(OC)cc1. The van der Waals surface area contributed by atoms with E-state index in [1.54, 1.807) is 7.11 Å². The van der Waals surface area contributed by atoms with Crippen molar-refractivity contribution in [3.8, 4) is 5.75 Å². The number of benzene rings is 1. The fourth-order valence-corrected chi connectivity index (χ4v) is 0.958. The minimum absolute atomic E-state index is 0.581. The van der Waals surface area contributed by atoms with E-state index < -0.39 is 0 Å². The first-order valence-corrected chi connectivity index (χ1v) is 4.34. The van der Waals surface area contributed by atoms with Crippen LogP contribution in [0.3, 0.4) is 0 Å². The van der Waals surface area contributed by atoms with Gasteiger partial charge in [0.05, 0.1) is 13.7 Å². The maximum absolute atomic E-state index is 5.15. The van der Waals surface area contributed by atoms with Crippen LogP contribution in [0.25, 0.3) is 0 Å². The summed E-state index contributed by atoms with van der Waals surface area (Å²) in [6, 6.07) is 7.81. The Morgan fingerprint density at radius 2 is 1.92 bits per heavy atom. The molecule has 0 bridgehead atoms. The predicted molar refractivity (Wildman–Crippen MR) is 51.5 cm³/mol. The van der Waals surface area contributed by atoms with Crippen LogP contribution < -0.4 is 10.2 Å². The summed E-state index contributed by atoms with van der Waals surface area (Å²) in [5, 5.41) is 0. The first-order chi connectivity index (χ1) is 6.36. The van der Waals surface area contributed by atoms with Crippen LogP contribution in [0, 0.1) is 0 Å². The molecule has 13 heavy (non-hydrogen) atoms. The molecule has 1 N–H and O–H groups in total. The van der Waals surface area contributed by atoms with Crippen LogP contribution in [0.15, 0.2) is 24.3 Å². The molecule has 0 unspecified atom stereocenters. The molecular weight excluding hydrogens is 166 g/mol. The van der Waals surface area contributed by atoms with Crippen LogP contribution in [0.2, 0.25) is 0 Å². The minimum atomic E-state index is 0.581. The lowest BCUT2D eigenvalue weighted by Crippen LogP contribution is -2.12. The highest BCUT2D eigenvalue weighted by molar-refractivity contribution is 5.26. The van der Waals surface area contributed by atoms with Crippen LogP contribution in [0.1, 0.15) is 12.5 Å². The highest BCUT2D eigenvalue weighted by Gasteiger charge is 1.93. The summed E-state index contributed by atoms with van der Waals surface area (Å²) in [6.45, 7) is 3.39. The Bertz CT molecular complexity index is 233. The summed E-state index contributed by atoms with van der Waals surface area (Å²) in [5.74, 6) is 0.868. The van der Waals surface area contributed by atoms with Gasteiger partial charge < -0.3 is 4.74 Å². The largest absolute Gasteiger partial charge is 0.497 e. The molecule has 1 aromatic rings. The Morgan fingerprint density at radius 1 is 1.23 bits per heavy atom. The Balaban J connectivity index is 2.40. The zero-order chi connectivity index (χ0) is 9.52. The fourth-order valence-electron chi connectivity index (χ4n) is 0.958. The molecule has 0 radical (unpaired) electrons. The highest BCUT2D eigenvalue weighted by atomic mass is 16.6. The molecule has 3 heteroatoms. The molecule has 1 aromatic carbocycles. The normalized spacial score (nSPS) is 10.0. The molecule has 0 fully saturated rings. The van der Waals surface area contributed by atoms with Gasteiger partial charge in [-0.25, -0.2) is 5.48 Å². The van der Waals surface area contributed by atoms with E-state index in [1.165, 1.54) is 0 Å². The monoisotopic (exact) mass is 181 g/mol. The van der Waals surface area contributed by atoms with Crippen molar-refractivity contribution in [3.63, 3.8) is 0 Å². The molecule has 0 heterocycles. The van der Waals surface area contributed by atoms with E-state index in [4.69, 9.17) is 9.57 Å². The second kappa shape index (κ2) is 5.56. The van der Waals surface area contributed by atoms with Gasteiger partial charge in [0.15, 0.2) is 0 Å². The summed E-state index contributed by atoms with van der Waals surface area (Å²) in [7, 11) is 1.66. The van der Waals surface area contributed by atoms with Crippen molar-refractivity contribution in [1.29, 1.82) is 0 Å². The van der Waals surface area contributed by atoms with E-state index in [2.05, 4.69) is 5.48 Å². The van der Waals surface area contributed by atoms with Crippen molar-refractivity contribution in [3.05, 3.63) is 29.8 Å². The maximum Gasteiger partial charge on any atom is 0.118 e. The molecule has 0 spiro atoms. The lowest BCUT2D eigenvalue weighted by molar-refractivity contribution is 0.0314. The summed E-state index contributed by atoms with van der Waals surface area (Å²) >= 11 is 0. The molecular formula is C10H15NO2. The van der Waals surface area contributed by atoms with Gasteiger partial charge in [-0.3, -0.25) is 4.84 Å². The topological polar surface area (TPSA) is 30.5 Å². The van der Waals surface area contributed by atoms with Gasteiger partial charge in [-0.2, -0.15) is 0 Å². The van der Waals surface area contributed by atoms with Crippen LogP contribution >= 0.6 is 0 Å². The van der Waals surface area contributed by atoms with E-state index >= 15 is 0 Å². The Hall–Kier alpha value is -1.06. The number of ether oxygens (including phenoxy) is 1. The van der Waals surface area contributed by atoms with Crippen molar-refractivity contribution in [2.45, 2.75) is 13.5 Å². The first kappa shape index (κ1) is 10.0. The van der Waals surface area contributed by atoms with E-state index in [1.807, 2.05) is 31.2 Å². The quantitative estimate of drug-likeness (QED) is 0.554. The molecule has 0 aliphatic rings. The Labute approximate surface area is 78.6 Å². The molecule has 0 aromatic heterocycles. The second-order valence-corrected chi connectivity index (χ2v) is 2.63. The summed E-state index contributed by atoms with van der Waals surface area (Å²) in [5.41, 5.74) is 3.92. The summed E-state index contributed by atoms with van der Waals surface area (Å²) < 4.78 is 5.04. The van der Waals surface area contributed by atoms with E-state index in [0.29, 0.717) is 6.61 Å². The number of methoxy groups -OCH3 is 1. The average molecular weight is 181 g/mol. The smallest absolute Gasteiger partial charge is 0.118 e. The lowest BCUT2D eigenvalue weighted by Gasteiger charge is -2.04. The van der Waals surface area contributed by atoms with Gasteiger partial charge in [0.1, 0.15) is 5.75 Å². The zero-order valence-corrected chi connectivity index (χ0v) is 8.04. The molecule has 0 saturated heterocycles. The minimum Gasteiger partial charge on any atom is -0.497 e. The lowest BCUT2D eigenvalue weighted by atomic mass is 10.2. The van der Waals surface area contributed by atoms with E-state index in [9.17, 15) is 0 Å². The number of rotatable bonds is 5. The first-order valence-electron chi connectivity index (χ1n) is 4.34. The standard InChI is InChI=1S/C10H15NO2/c1-3-11-13-8-9-4-6-10(12-2)7-5-9/h4-7,11H,3,8H2,1-2H3. The van der Waals surface area contributed by atoms with Crippen molar-refractivity contribution >= 4 is 0 Å². The van der Waals surface area contributed by atoms with Gasteiger partial charge in [0.2, 0.25) is 0 Å². The van der Waals surface area contributed by atoms with Crippen LogP contribution in [-0.2, 0) is 11.4 Å². The van der Waals surface area contributed by atoms with Gasteiger partial charge in [-0.1, -0.05) is 19.1 Å². The molecule has 72 valence electrons. The number of hydrogen-bond donors (Lipinski definition) is 1. The van der Waals surface area contributed by atoms with Crippen LogP contribution in [0.4, 0.5) is 0 Å². The molecule has 0 atom stereocenters. The van der Waals surface area contributed by atoms with Gasteiger partial charge >= 0.3 is 0 Å². The molecule has 0 aliphatic heterocycles. The highest BCUT2D eigenvalue weighted by Crippen LogP contribution is 2.11. The van der Waals surface area contributed by atoms with Crippen LogP contribution in [0.5, 0.6) is 5.75 Å². The summed E-state index contributed by atoms with van der Waals surface area (Å²) in [6.07, 6.45) is 0. The molecule has 3 nitrogen and oxygen atoms in total. The zero-order valence-electron chi connectivity index (χ0n) is 8.04. The third-order valence-corrected chi connectivity index (χ3v) is 1.64. The fraction of sp³-hybridized carbons (Fsp3) is 0.400. The van der Waals surface area contributed by atoms with Gasteiger partial charge in [-0.05, 0) is 17.7 Å². The van der Waals surface area contributed by atoms with Gasteiger partial charge in [0, 0.05) is 6.54 Å². The van der Waals surface area contributed by atoms with E-state index in [0.717, 1.165) is 17.9 Å². The molecule has 0 amide bonds. The Kier molecular flexibility index (Phi) is 4.29. The number of nitrogens with one attached hydrogen (secondary N) is 1. The molecule has 1 rings (SSSR count). The van der Waals surface area contributed by atoms with E-state index in [-0.39, 0.29) is 0 Å². The second-order valence-electron chi connectivity index (χ2n) is 2.63. The summed E-state index contributed by atoms with van der Waals surface area (Å²) in [4.78, 5) is 5.15. The maximum atomic E-state index is 5.15.